The number of hydrogen-bond donors (Lipinski definition) is 2. The SMILES string of the molecule is CCOC(=O)c1cnc(Cl)nc1NO. The predicted molar refractivity (Wildman–Crippen MR) is 48.4 cm³/mol. The van der Waals surface area contributed by atoms with Gasteiger partial charge in [-0.3, -0.25) is 10.7 Å². The van der Waals surface area contributed by atoms with Crippen LogP contribution in [-0.4, -0.2) is 27.8 Å². The van der Waals surface area contributed by atoms with Gasteiger partial charge in [0.05, 0.1) is 6.61 Å². The lowest BCUT2D eigenvalue weighted by Crippen LogP contribution is -2.10. The van der Waals surface area contributed by atoms with E-state index in [4.69, 9.17) is 21.5 Å². The van der Waals surface area contributed by atoms with Crippen LogP contribution in [-0.2, 0) is 4.74 Å². The maximum atomic E-state index is 11.2. The highest BCUT2D eigenvalue weighted by atomic mass is 35.5. The monoisotopic (exact) mass is 217 g/mol. The molecule has 1 heterocycles. The third-order valence-corrected chi connectivity index (χ3v) is 1.54. The van der Waals surface area contributed by atoms with E-state index in [9.17, 15) is 4.79 Å². The molecule has 14 heavy (non-hydrogen) atoms. The Hall–Kier alpha value is -1.40. The van der Waals surface area contributed by atoms with Crippen LogP contribution in [0.1, 0.15) is 17.3 Å². The van der Waals surface area contributed by atoms with Gasteiger partial charge in [0.2, 0.25) is 5.28 Å². The zero-order valence-corrected chi connectivity index (χ0v) is 8.08. The molecule has 0 saturated heterocycles. The van der Waals surface area contributed by atoms with Gasteiger partial charge in [-0.1, -0.05) is 0 Å². The number of aromatic nitrogens is 2. The number of nitrogens with zero attached hydrogens (tertiary/aromatic N) is 2. The largest absolute Gasteiger partial charge is 0.462 e. The van der Waals surface area contributed by atoms with Crippen LogP contribution in [0, 0.1) is 0 Å². The van der Waals surface area contributed by atoms with E-state index in [0.29, 0.717) is 0 Å². The first kappa shape index (κ1) is 10.7. The van der Waals surface area contributed by atoms with Gasteiger partial charge in [-0.2, -0.15) is 4.98 Å². The first-order valence-corrected chi connectivity index (χ1v) is 4.16. The zero-order chi connectivity index (χ0) is 10.6. The third kappa shape index (κ3) is 2.30. The summed E-state index contributed by atoms with van der Waals surface area (Å²) >= 11 is 5.45. The molecule has 1 rings (SSSR count). The standard InChI is InChI=1S/C7H8ClN3O3/c1-2-14-6(12)4-3-9-7(8)10-5(4)11-13/h3,13H,2H2,1H3,(H,9,10,11). The number of carbonyl (C=O) groups is 1. The lowest BCUT2D eigenvalue weighted by atomic mass is 10.3. The Morgan fingerprint density at radius 3 is 3.07 bits per heavy atom. The number of anilines is 1. The molecule has 0 fully saturated rings. The molecule has 0 aliphatic rings. The molecule has 0 radical (unpaired) electrons. The van der Waals surface area contributed by atoms with Gasteiger partial charge in [-0.25, -0.2) is 9.78 Å². The average molecular weight is 218 g/mol. The van der Waals surface area contributed by atoms with Crippen LogP contribution in [0.3, 0.4) is 0 Å². The molecule has 7 heteroatoms. The number of hydrogen-bond acceptors (Lipinski definition) is 6. The van der Waals surface area contributed by atoms with Crippen LogP contribution in [0.2, 0.25) is 5.28 Å². The summed E-state index contributed by atoms with van der Waals surface area (Å²) in [6, 6.07) is 0. The predicted octanol–water partition coefficient (Wildman–Crippen LogP) is 1.11. The molecular formula is C7H8ClN3O3. The molecule has 1 aromatic heterocycles. The molecule has 0 aliphatic carbocycles. The van der Waals surface area contributed by atoms with Crippen LogP contribution >= 0.6 is 11.6 Å². The molecule has 6 nitrogen and oxygen atoms in total. The summed E-state index contributed by atoms with van der Waals surface area (Å²) in [4.78, 5) is 18.4. The van der Waals surface area contributed by atoms with Crippen LogP contribution in [0.15, 0.2) is 6.20 Å². The molecule has 0 spiro atoms. The average Bonchev–Trinajstić information content (AvgIpc) is 2.17. The molecule has 76 valence electrons. The fourth-order valence-electron chi connectivity index (χ4n) is 0.804. The lowest BCUT2D eigenvalue weighted by Gasteiger charge is -2.05. The Bertz CT molecular complexity index is 345. The van der Waals surface area contributed by atoms with Gasteiger partial charge in [-0.05, 0) is 18.5 Å². The van der Waals surface area contributed by atoms with Gasteiger partial charge < -0.3 is 4.74 Å². The Labute approximate surface area is 84.8 Å². The maximum absolute atomic E-state index is 11.2. The second-order valence-electron chi connectivity index (χ2n) is 2.23. The summed E-state index contributed by atoms with van der Waals surface area (Å²) in [5.41, 5.74) is 1.77. The Kier molecular flexibility index (Phi) is 3.61. The molecule has 0 unspecified atom stereocenters. The van der Waals surface area contributed by atoms with Gasteiger partial charge in [0, 0.05) is 6.20 Å². The number of halogens is 1. The summed E-state index contributed by atoms with van der Waals surface area (Å²) in [7, 11) is 0. The van der Waals surface area contributed by atoms with Crippen molar-refractivity contribution in [3.05, 3.63) is 17.0 Å². The van der Waals surface area contributed by atoms with Crippen molar-refractivity contribution in [2.24, 2.45) is 0 Å². The molecule has 0 amide bonds. The number of nitrogens with one attached hydrogen (secondary N) is 1. The summed E-state index contributed by atoms with van der Waals surface area (Å²) in [5.74, 6) is -0.704. The number of esters is 1. The Balaban J connectivity index is 3.01. The van der Waals surface area contributed by atoms with Crippen molar-refractivity contribution in [1.29, 1.82) is 0 Å². The van der Waals surface area contributed by atoms with Crippen molar-refractivity contribution >= 4 is 23.4 Å². The van der Waals surface area contributed by atoms with Gasteiger partial charge in [0.25, 0.3) is 0 Å². The van der Waals surface area contributed by atoms with Crippen molar-refractivity contribution in [2.45, 2.75) is 6.92 Å². The quantitative estimate of drug-likeness (QED) is 0.448. The molecule has 0 atom stereocenters. The van der Waals surface area contributed by atoms with Crippen LogP contribution in [0.25, 0.3) is 0 Å². The van der Waals surface area contributed by atoms with Crippen molar-refractivity contribution in [2.75, 3.05) is 12.1 Å². The lowest BCUT2D eigenvalue weighted by molar-refractivity contribution is 0.0525. The maximum Gasteiger partial charge on any atom is 0.343 e. The van der Waals surface area contributed by atoms with Crippen LogP contribution < -0.4 is 5.48 Å². The van der Waals surface area contributed by atoms with Crippen LogP contribution in [0.5, 0.6) is 0 Å². The molecule has 0 aromatic carbocycles. The minimum atomic E-state index is -0.624. The molecule has 2 N–H and O–H groups in total. The van der Waals surface area contributed by atoms with Crippen molar-refractivity contribution < 1.29 is 14.7 Å². The molecule has 1 aromatic rings. The van der Waals surface area contributed by atoms with Gasteiger partial charge in [0.15, 0.2) is 5.82 Å². The third-order valence-electron chi connectivity index (χ3n) is 1.36. The summed E-state index contributed by atoms with van der Waals surface area (Å²) in [6.45, 7) is 1.90. The first-order chi connectivity index (χ1) is 6.69. The van der Waals surface area contributed by atoms with E-state index in [0.717, 1.165) is 0 Å². The summed E-state index contributed by atoms with van der Waals surface area (Å²) in [5, 5.41) is 8.58. The zero-order valence-electron chi connectivity index (χ0n) is 7.32. The highest BCUT2D eigenvalue weighted by Gasteiger charge is 2.14. The summed E-state index contributed by atoms with van der Waals surface area (Å²) in [6.07, 6.45) is 1.17. The first-order valence-electron chi connectivity index (χ1n) is 3.78. The number of carbonyl (C=O) groups excluding carboxylic acids is 1. The number of rotatable bonds is 3. The summed E-state index contributed by atoms with van der Waals surface area (Å²) < 4.78 is 4.70. The van der Waals surface area contributed by atoms with Crippen LogP contribution in [0.4, 0.5) is 5.82 Å². The number of ether oxygens (including phenoxy) is 1. The second kappa shape index (κ2) is 4.73. The Morgan fingerprint density at radius 2 is 2.50 bits per heavy atom. The molecule has 0 bridgehead atoms. The fourth-order valence-corrected chi connectivity index (χ4v) is 0.937. The van der Waals surface area contributed by atoms with E-state index < -0.39 is 5.97 Å². The Morgan fingerprint density at radius 1 is 1.79 bits per heavy atom. The van der Waals surface area contributed by atoms with E-state index in [1.165, 1.54) is 6.20 Å². The van der Waals surface area contributed by atoms with E-state index >= 15 is 0 Å². The topological polar surface area (TPSA) is 84.3 Å². The van der Waals surface area contributed by atoms with Gasteiger partial charge in [0.1, 0.15) is 5.56 Å². The minimum Gasteiger partial charge on any atom is -0.462 e. The van der Waals surface area contributed by atoms with Gasteiger partial charge >= 0.3 is 5.97 Å². The van der Waals surface area contributed by atoms with Crippen molar-refractivity contribution in [3.8, 4) is 0 Å². The highest BCUT2D eigenvalue weighted by Crippen LogP contribution is 2.14. The smallest absolute Gasteiger partial charge is 0.343 e. The molecular weight excluding hydrogens is 210 g/mol. The molecule has 0 saturated carbocycles. The van der Waals surface area contributed by atoms with Gasteiger partial charge in [-0.15, -0.1) is 0 Å². The van der Waals surface area contributed by atoms with Crippen molar-refractivity contribution in [1.82, 2.24) is 9.97 Å². The normalized spacial score (nSPS) is 9.64. The highest BCUT2D eigenvalue weighted by molar-refractivity contribution is 6.28. The minimum absolute atomic E-state index is 0.0266. The van der Waals surface area contributed by atoms with E-state index in [1.807, 2.05) is 0 Å². The fraction of sp³-hybridized carbons (Fsp3) is 0.286. The van der Waals surface area contributed by atoms with Crippen molar-refractivity contribution in [3.63, 3.8) is 0 Å². The van der Waals surface area contributed by atoms with E-state index in [-0.39, 0.29) is 23.3 Å². The molecule has 0 aliphatic heterocycles. The van der Waals surface area contributed by atoms with E-state index in [1.54, 1.807) is 12.4 Å². The second-order valence-corrected chi connectivity index (χ2v) is 2.57. The van der Waals surface area contributed by atoms with E-state index in [2.05, 4.69) is 9.97 Å².